The van der Waals surface area contributed by atoms with Crippen molar-refractivity contribution in [3.63, 3.8) is 0 Å². The van der Waals surface area contributed by atoms with Gasteiger partial charge in [0.15, 0.2) is 5.82 Å². The molecule has 1 N–H and O–H groups in total. The third-order valence-electron chi connectivity index (χ3n) is 2.17. The summed E-state index contributed by atoms with van der Waals surface area (Å²) in [6, 6.07) is 0.491. The van der Waals surface area contributed by atoms with Crippen LogP contribution in [0.3, 0.4) is 0 Å². The molecule has 0 radical (unpaired) electrons. The molecule has 1 aromatic heterocycles. The van der Waals surface area contributed by atoms with Crippen molar-refractivity contribution in [1.29, 1.82) is 0 Å². The monoisotopic (exact) mass is 182 g/mol. The average Bonchev–Trinajstić information content (AvgIpc) is 2.53. The van der Waals surface area contributed by atoms with Gasteiger partial charge in [-0.05, 0) is 12.8 Å². The van der Waals surface area contributed by atoms with Gasteiger partial charge in [-0.25, -0.2) is 0 Å². The van der Waals surface area contributed by atoms with Gasteiger partial charge in [-0.3, -0.25) is 0 Å². The number of anilines is 1. The first-order valence-electron chi connectivity index (χ1n) is 4.55. The van der Waals surface area contributed by atoms with Crippen molar-refractivity contribution in [2.24, 2.45) is 7.05 Å². The third kappa shape index (κ3) is 2.18. The summed E-state index contributed by atoms with van der Waals surface area (Å²) in [6.45, 7) is 1.69. The molecule has 1 saturated heterocycles. The van der Waals surface area contributed by atoms with Crippen molar-refractivity contribution in [2.75, 3.05) is 18.5 Å². The number of hydrogen-bond acceptors (Lipinski definition) is 4. The Labute approximate surface area is 77.1 Å². The predicted octanol–water partition coefficient (Wildman–Crippen LogP) is 0.406. The Bertz CT molecular complexity index is 267. The molecule has 13 heavy (non-hydrogen) atoms. The maximum atomic E-state index is 5.26. The number of ether oxygens (including phenoxy) is 1. The molecule has 0 amide bonds. The van der Waals surface area contributed by atoms with Gasteiger partial charge in [-0.2, -0.15) is 9.90 Å². The van der Waals surface area contributed by atoms with E-state index >= 15 is 0 Å². The van der Waals surface area contributed by atoms with E-state index in [1.165, 1.54) is 0 Å². The zero-order valence-electron chi connectivity index (χ0n) is 7.73. The van der Waals surface area contributed by atoms with E-state index in [9.17, 15) is 0 Å². The fraction of sp³-hybridized carbons (Fsp3) is 0.750. The Balaban J connectivity index is 1.89. The summed E-state index contributed by atoms with van der Waals surface area (Å²) in [5.74, 6) is 0.856. The van der Waals surface area contributed by atoms with Crippen molar-refractivity contribution in [3.8, 4) is 0 Å². The topological polar surface area (TPSA) is 52.0 Å². The zero-order chi connectivity index (χ0) is 9.10. The Kier molecular flexibility index (Phi) is 2.44. The highest BCUT2D eigenvalue weighted by Crippen LogP contribution is 2.11. The highest BCUT2D eigenvalue weighted by atomic mass is 16.5. The van der Waals surface area contributed by atoms with Crippen LogP contribution in [0, 0.1) is 0 Å². The van der Waals surface area contributed by atoms with Gasteiger partial charge in [0.1, 0.15) is 0 Å². The van der Waals surface area contributed by atoms with Crippen LogP contribution in [-0.2, 0) is 11.8 Å². The molecule has 0 aliphatic carbocycles. The van der Waals surface area contributed by atoms with Crippen LogP contribution in [0.25, 0.3) is 0 Å². The first-order valence-corrected chi connectivity index (χ1v) is 4.55. The first kappa shape index (κ1) is 8.50. The van der Waals surface area contributed by atoms with Crippen molar-refractivity contribution < 1.29 is 4.74 Å². The Morgan fingerprint density at radius 2 is 2.31 bits per heavy atom. The highest BCUT2D eigenvalue weighted by molar-refractivity contribution is 5.30. The van der Waals surface area contributed by atoms with E-state index in [2.05, 4.69) is 15.5 Å². The molecule has 0 saturated carbocycles. The summed E-state index contributed by atoms with van der Waals surface area (Å²) >= 11 is 0. The maximum Gasteiger partial charge on any atom is 0.168 e. The molecule has 0 spiro atoms. The Morgan fingerprint density at radius 1 is 1.54 bits per heavy atom. The van der Waals surface area contributed by atoms with Crippen LogP contribution in [0.2, 0.25) is 0 Å². The Hall–Kier alpha value is -1.10. The fourth-order valence-electron chi connectivity index (χ4n) is 1.46. The lowest BCUT2D eigenvalue weighted by molar-refractivity contribution is 0.0904. The molecule has 0 bridgehead atoms. The van der Waals surface area contributed by atoms with Crippen molar-refractivity contribution >= 4 is 5.82 Å². The van der Waals surface area contributed by atoms with E-state index in [-0.39, 0.29) is 0 Å². The minimum atomic E-state index is 0.491. The van der Waals surface area contributed by atoms with E-state index in [0.29, 0.717) is 6.04 Å². The van der Waals surface area contributed by atoms with Crippen LogP contribution in [0.5, 0.6) is 0 Å². The van der Waals surface area contributed by atoms with Crippen LogP contribution in [0.1, 0.15) is 12.8 Å². The average molecular weight is 182 g/mol. The molecule has 2 heterocycles. The van der Waals surface area contributed by atoms with Gasteiger partial charge in [0.05, 0.1) is 6.20 Å². The lowest BCUT2D eigenvalue weighted by atomic mass is 10.1. The van der Waals surface area contributed by atoms with Gasteiger partial charge in [0, 0.05) is 26.3 Å². The molecular formula is C8H14N4O. The molecule has 1 aromatic rings. The maximum absolute atomic E-state index is 5.26. The molecule has 0 unspecified atom stereocenters. The van der Waals surface area contributed by atoms with E-state index in [1.807, 2.05) is 7.05 Å². The summed E-state index contributed by atoms with van der Waals surface area (Å²) in [5.41, 5.74) is 0. The van der Waals surface area contributed by atoms with Crippen molar-refractivity contribution in [1.82, 2.24) is 15.0 Å². The summed E-state index contributed by atoms with van der Waals surface area (Å²) in [5, 5.41) is 11.5. The van der Waals surface area contributed by atoms with Crippen LogP contribution < -0.4 is 5.32 Å². The number of rotatable bonds is 2. The van der Waals surface area contributed by atoms with Gasteiger partial charge in [-0.15, -0.1) is 5.10 Å². The second-order valence-electron chi connectivity index (χ2n) is 3.25. The predicted molar refractivity (Wildman–Crippen MR) is 48.5 cm³/mol. The number of aryl methyl sites for hydroxylation is 1. The molecule has 72 valence electrons. The highest BCUT2D eigenvalue weighted by Gasteiger charge is 2.14. The standard InChI is InChI=1S/C8H14N4O/c1-12-9-6-8(11-12)10-7-2-4-13-5-3-7/h6-7H,2-5H2,1H3,(H,10,11). The summed E-state index contributed by atoms with van der Waals surface area (Å²) in [7, 11) is 1.81. The first-order chi connectivity index (χ1) is 6.34. The number of hydrogen-bond donors (Lipinski definition) is 1. The van der Waals surface area contributed by atoms with Gasteiger partial charge >= 0.3 is 0 Å². The van der Waals surface area contributed by atoms with Crippen LogP contribution >= 0.6 is 0 Å². The molecule has 0 aromatic carbocycles. The van der Waals surface area contributed by atoms with E-state index in [0.717, 1.165) is 31.9 Å². The summed E-state index contributed by atoms with van der Waals surface area (Å²) in [6.07, 6.45) is 3.85. The summed E-state index contributed by atoms with van der Waals surface area (Å²) < 4.78 is 5.26. The van der Waals surface area contributed by atoms with E-state index < -0.39 is 0 Å². The molecule has 5 nitrogen and oxygen atoms in total. The van der Waals surface area contributed by atoms with E-state index in [1.54, 1.807) is 11.0 Å². The second-order valence-corrected chi connectivity index (χ2v) is 3.25. The van der Waals surface area contributed by atoms with Crippen molar-refractivity contribution in [3.05, 3.63) is 6.20 Å². The van der Waals surface area contributed by atoms with Crippen molar-refractivity contribution in [2.45, 2.75) is 18.9 Å². The van der Waals surface area contributed by atoms with Gasteiger partial charge in [-0.1, -0.05) is 0 Å². The smallest absolute Gasteiger partial charge is 0.168 e. The quantitative estimate of drug-likeness (QED) is 0.719. The minimum Gasteiger partial charge on any atom is -0.381 e. The van der Waals surface area contributed by atoms with Gasteiger partial charge in [0.25, 0.3) is 0 Å². The van der Waals surface area contributed by atoms with Gasteiger partial charge < -0.3 is 10.1 Å². The summed E-state index contributed by atoms with van der Waals surface area (Å²) in [4.78, 5) is 1.56. The molecule has 1 aliphatic heterocycles. The molecule has 5 heteroatoms. The molecule has 1 fully saturated rings. The Morgan fingerprint density at radius 3 is 2.92 bits per heavy atom. The lowest BCUT2D eigenvalue weighted by Crippen LogP contribution is -2.28. The number of nitrogens with one attached hydrogen (secondary N) is 1. The molecular weight excluding hydrogens is 168 g/mol. The SMILES string of the molecule is Cn1ncc(NC2CCOCC2)n1. The normalized spacial score (nSPS) is 18.8. The third-order valence-corrected chi connectivity index (χ3v) is 2.17. The van der Waals surface area contributed by atoms with Crippen LogP contribution in [-0.4, -0.2) is 34.2 Å². The van der Waals surface area contributed by atoms with Crippen LogP contribution in [0.15, 0.2) is 6.20 Å². The second kappa shape index (κ2) is 3.74. The van der Waals surface area contributed by atoms with Gasteiger partial charge in [0.2, 0.25) is 0 Å². The lowest BCUT2D eigenvalue weighted by Gasteiger charge is -2.22. The number of aromatic nitrogens is 3. The fourth-order valence-corrected chi connectivity index (χ4v) is 1.46. The molecule has 0 atom stereocenters. The minimum absolute atomic E-state index is 0.491. The molecule has 2 rings (SSSR count). The zero-order valence-corrected chi connectivity index (χ0v) is 7.73. The van der Waals surface area contributed by atoms with Crippen LogP contribution in [0.4, 0.5) is 5.82 Å². The molecule has 1 aliphatic rings. The largest absolute Gasteiger partial charge is 0.381 e. The number of nitrogens with zero attached hydrogens (tertiary/aromatic N) is 3. The van der Waals surface area contributed by atoms with E-state index in [4.69, 9.17) is 4.74 Å².